The van der Waals surface area contributed by atoms with E-state index in [1.165, 1.54) is 0 Å². The molecule has 0 heterocycles. The van der Waals surface area contributed by atoms with Crippen molar-refractivity contribution in [2.24, 2.45) is 0 Å². The van der Waals surface area contributed by atoms with Gasteiger partial charge < -0.3 is 5.11 Å². The molecule has 0 saturated carbocycles. The van der Waals surface area contributed by atoms with E-state index in [0.29, 0.717) is 5.56 Å². The number of ketones is 1. The molecule has 0 aliphatic heterocycles. The first-order valence-corrected chi connectivity index (χ1v) is 6.09. The van der Waals surface area contributed by atoms with Crippen molar-refractivity contribution in [1.29, 1.82) is 0 Å². The molecule has 16 heavy (non-hydrogen) atoms. The minimum atomic E-state index is -1.13. The molecule has 0 radical (unpaired) electrons. The third-order valence-corrected chi connectivity index (χ3v) is 2.58. The Bertz CT molecular complexity index is 430. The molecule has 0 unspecified atom stereocenters. The average molecular weight is 234 g/mol. The van der Waals surface area contributed by atoms with Gasteiger partial charge in [0.2, 0.25) is 5.78 Å². The second-order valence-electron chi connectivity index (χ2n) is 3.87. The van der Waals surface area contributed by atoms with Gasteiger partial charge in [-0.25, -0.2) is 0 Å². The average Bonchev–Trinajstić information content (AvgIpc) is 2.25. The van der Waals surface area contributed by atoms with Gasteiger partial charge in [-0.2, -0.15) is 0 Å². The summed E-state index contributed by atoms with van der Waals surface area (Å²) in [5, 5.41) is 9.37. The maximum Gasteiger partial charge on any atom is 0.235 e. The van der Waals surface area contributed by atoms with Crippen molar-refractivity contribution in [1.82, 2.24) is 0 Å². The number of rotatable bonds is 2. The summed E-state index contributed by atoms with van der Waals surface area (Å²) in [6, 6.07) is 7.24. The number of carbonyl (C=O) groups excluding carboxylic acids is 1. The van der Waals surface area contributed by atoms with Crippen LogP contribution in [0, 0.1) is 11.8 Å². The monoisotopic (exact) mass is 234 g/mol. The van der Waals surface area contributed by atoms with Crippen LogP contribution in [0.25, 0.3) is 0 Å². The molecular formula is C13H14O2S. The Morgan fingerprint density at radius 2 is 1.88 bits per heavy atom. The highest BCUT2D eigenvalue weighted by atomic mass is 32.2. The number of hydrogen-bond donors (Lipinski definition) is 1. The highest BCUT2D eigenvalue weighted by Gasteiger charge is 2.08. The van der Waals surface area contributed by atoms with Crippen LogP contribution >= 0.6 is 11.8 Å². The van der Waals surface area contributed by atoms with Gasteiger partial charge in [-0.1, -0.05) is 5.92 Å². The Hall–Kier alpha value is -1.24. The smallest absolute Gasteiger partial charge is 0.235 e. The van der Waals surface area contributed by atoms with Crippen LogP contribution in [-0.2, 0) is 0 Å². The summed E-state index contributed by atoms with van der Waals surface area (Å²) in [5.41, 5.74) is -0.580. The Balaban J connectivity index is 2.84. The van der Waals surface area contributed by atoms with Gasteiger partial charge in [0.15, 0.2) is 0 Å². The predicted molar refractivity (Wildman–Crippen MR) is 66.6 cm³/mol. The minimum Gasteiger partial charge on any atom is -0.378 e. The molecule has 1 rings (SSSR count). The summed E-state index contributed by atoms with van der Waals surface area (Å²) in [6.07, 6.45) is 1.98. The molecule has 0 spiro atoms. The first-order valence-electron chi connectivity index (χ1n) is 4.86. The van der Waals surface area contributed by atoms with E-state index < -0.39 is 5.60 Å². The molecule has 0 saturated heterocycles. The Kier molecular flexibility index (Phi) is 4.17. The summed E-state index contributed by atoms with van der Waals surface area (Å²) < 4.78 is 0. The normalized spacial score (nSPS) is 10.5. The fraction of sp³-hybridized carbons (Fsp3) is 0.308. The molecule has 2 nitrogen and oxygen atoms in total. The lowest BCUT2D eigenvalue weighted by atomic mass is 10.1. The fourth-order valence-electron chi connectivity index (χ4n) is 1.02. The molecular weight excluding hydrogens is 220 g/mol. The highest BCUT2D eigenvalue weighted by molar-refractivity contribution is 7.98. The SMILES string of the molecule is CSc1ccc(C(=O)C#CC(C)(C)O)cc1. The molecule has 0 aliphatic carbocycles. The Morgan fingerprint density at radius 3 is 2.31 bits per heavy atom. The van der Waals surface area contributed by atoms with Crippen molar-refractivity contribution in [3.05, 3.63) is 29.8 Å². The van der Waals surface area contributed by atoms with E-state index in [1.54, 1.807) is 37.7 Å². The quantitative estimate of drug-likeness (QED) is 0.369. The number of hydrogen-bond acceptors (Lipinski definition) is 3. The van der Waals surface area contributed by atoms with Crippen molar-refractivity contribution < 1.29 is 9.90 Å². The third kappa shape index (κ3) is 4.09. The molecule has 1 N–H and O–H groups in total. The molecule has 0 atom stereocenters. The Morgan fingerprint density at radius 1 is 1.31 bits per heavy atom. The fourth-order valence-corrected chi connectivity index (χ4v) is 1.43. The molecule has 84 valence electrons. The predicted octanol–water partition coefficient (Wildman–Crippen LogP) is 2.37. The zero-order valence-electron chi connectivity index (χ0n) is 9.57. The van der Waals surface area contributed by atoms with Gasteiger partial charge in [0.1, 0.15) is 5.60 Å². The molecule has 0 aliphatic rings. The molecule has 0 fully saturated rings. The number of aliphatic hydroxyl groups is 1. The molecule has 0 bridgehead atoms. The lowest BCUT2D eigenvalue weighted by molar-refractivity contribution is 0.105. The summed E-state index contributed by atoms with van der Waals surface area (Å²) in [7, 11) is 0. The maximum atomic E-state index is 11.6. The van der Waals surface area contributed by atoms with Crippen molar-refractivity contribution in [2.75, 3.05) is 6.26 Å². The second-order valence-corrected chi connectivity index (χ2v) is 4.75. The van der Waals surface area contributed by atoms with E-state index in [2.05, 4.69) is 11.8 Å². The molecule has 1 aromatic carbocycles. The van der Waals surface area contributed by atoms with Crippen LogP contribution < -0.4 is 0 Å². The van der Waals surface area contributed by atoms with Crippen LogP contribution in [0.5, 0.6) is 0 Å². The van der Waals surface area contributed by atoms with E-state index in [1.807, 2.05) is 18.4 Å². The summed E-state index contributed by atoms with van der Waals surface area (Å²) in [4.78, 5) is 12.7. The van der Waals surface area contributed by atoms with Gasteiger partial charge in [-0.15, -0.1) is 11.8 Å². The highest BCUT2D eigenvalue weighted by Crippen LogP contribution is 2.14. The second kappa shape index (κ2) is 5.20. The van der Waals surface area contributed by atoms with Crippen LogP contribution in [0.1, 0.15) is 24.2 Å². The minimum absolute atomic E-state index is 0.269. The summed E-state index contributed by atoms with van der Waals surface area (Å²) in [5.74, 6) is 4.66. The maximum absolute atomic E-state index is 11.6. The van der Waals surface area contributed by atoms with E-state index in [-0.39, 0.29) is 5.78 Å². The van der Waals surface area contributed by atoms with Gasteiger partial charge in [0.25, 0.3) is 0 Å². The van der Waals surface area contributed by atoms with E-state index in [4.69, 9.17) is 0 Å². The summed E-state index contributed by atoms with van der Waals surface area (Å²) >= 11 is 1.62. The lowest BCUT2D eigenvalue weighted by Crippen LogP contribution is -2.15. The van der Waals surface area contributed by atoms with E-state index in [9.17, 15) is 9.90 Å². The molecule has 0 amide bonds. The number of Topliss-reactive ketones (excluding diaryl/α,β-unsaturated/α-hetero) is 1. The molecule has 0 aromatic heterocycles. The van der Waals surface area contributed by atoms with E-state index >= 15 is 0 Å². The largest absolute Gasteiger partial charge is 0.378 e. The lowest BCUT2D eigenvalue weighted by Gasteiger charge is -2.05. The van der Waals surface area contributed by atoms with Crippen LogP contribution in [0.4, 0.5) is 0 Å². The summed E-state index contributed by atoms with van der Waals surface area (Å²) in [6.45, 7) is 3.09. The van der Waals surface area contributed by atoms with Crippen LogP contribution in [0.2, 0.25) is 0 Å². The zero-order valence-corrected chi connectivity index (χ0v) is 10.4. The van der Waals surface area contributed by atoms with E-state index in [0.717, 1.165) is 4.90 Å². The van der Waals surface area contributed by atoms with Gasteiger partial charge >= 0.3 is 0 Å². The van der Waals surface area contributed by atoms with Gasteiger partial charge in [-0.05, 0) is 50.3 Å². The topological polar surface area (TPSA) is 37.3 Å². The Labute approximate surface area is 100 Å². The third-order valence-electron chi connectivity index (χ3n) is 1.83. The van der Waals surface area contributed by atoms with Crippen LogP contribution in [0.15, 0.2) is 29.2 Å². The first kappa shape index (κ1) is 12.8. The number of benzene rings is 1. The van der Waals surface area contributed by atoms with Crippen molar-refractivity contribution in [3.63, 3.8) is 0 Å². The number of carbonyl (C=O) groups is 1. The van der Waals surface area contributed by atoms with Crippen molar-refractivity contribution in [2.45, 2.75) is 24.3 Å². The van der Waals surface area contributed by atoms with Crippen LogP contribution in [0.3, 0.4) is 0 Å². The van der Waals surface area contributed by atoms with Gasteiger partial charge in [0.05, 0.1) is 0 Å². The van der Waals surface area contributed by atoms with Gasteiger partial charge in [0, 0.05) is 10.5 Å². The first-order chi connectivity index (χ1) is 7.42. The van der Waals surface area contributed by atoms with Crippen molar-refractivity contribution >= 4 is 17.5 Å². The van der Waals surface area contributed by atoms with Gasteiger partial charge in [-0.3, -0.25) is 4.79 Å². The molecule has 3 heteroatoms. The number of thioether (sulfide) groups is 1. The standard InChI is InChI=1S/C13H14O2S/c1-13(2,15)9-8-12(14)10-4-6-11(16-3)7-5-10/h4-7,15H,1-3H3. The van der Waals surface area contributed by atoms with Crippen molar-refractivity contribution in [3.8, 4) is 11.8 Å². The molecule has 1 aromatic rings. The zero-order chi connectivity index (χ0) is 12.2. The van der Waals surface area contributed by atoms with Crippen LogP contribution in [-0.4, -0.2) is 22.7 Å².